The van der Waals surface area contributed by atoms with Gasteiger partial charge in [0, 0.05) is 53.7 Å². The predicted molar refractivity (Wildman–Crippen MR) is 208 cm³/mol. The lowest BCUT2D eigenvalue weighted by Crippen LogP contribution is -2.23. The molecule has 0 fully saturated rings. The molecule has 266 valence electrons. The predicted octanol–water partition coefficient (Wildman–Crippen LogP) is 6.09. The molecule has 3 heterocycles. The van der Waals surface area contributed by atoms with Crippen LogP contribution < -0.4 is 28.2 Å². The molecule has 0 aliphatic heterocycles. The van der Waals surface area contributed by atoms with Gasteiger partial charge in [0.15, 0.2) is 5.96 Å². The minimum absolute atomic E-state index is 0.0352. The minimum atomic E-state index is -0.301. The zero-order chi connectivity index (χ0) is 36.3. The molecule has 5 aromatic rings. The first-order chi connectivity index (χ1) is 23.7. The van der Waals surface area contributed by atoms with Crippen molar-refractivity contribution in [2.45, 2.75) is 84.6 Å². The highest BCUT2D eigenvalue weighted by molar-refractivity contribution is 5.76. The van der Waals surface area contributed by atoms with Crippen molar-refractivity contribution in [1.29, 1.82) is 0 Å². The fourth-order valence-corrected chi connectivity index (χ4v) is 5.45. The summed E-state index contributed by atoms with van der Waals surface area (Å²) in [6.07, 6.45) is 9.79. The molecular weight excluding hydrogens is 623 g/mol. The second-order valence-corrected chi connectivity index (χ2v) is 14.8. The van der Waals surface area contributed by atoms with Crippen molar-refractivity contribution in [2.24, 2.45) is 22.2 Å². The first-order valence-corrected chi connectivity index (χ1v) is 17.5. The van der Waals surface area contributed by atoms with Crippen LogP contribution in [0.25, 0.3) is 27.8 Å². The number of hydrogen-bond donors (Lipinski definition) is 5. The third kappa shape index (κ3) is 11.1. The van der Waals surface area contributed by atoms with Crippen LogP contribution >= 0.6 is 0 Å². The highest BCUT2D eigenvalue weighted by Gasteiger charge is 2.18. The Morgan fingerprint density at radius 3 is 2.30 bits per heavy atom. The van der Waals surface area contributed by atoms with Gasteiger partial charge in [0.25, 0.3) is 0 Å². The molecule has 0 amide bonds. The van der Waals surface area contributed by atoms with Crippen molar-refractivity contribution in [2.75, 3.05) is 19.6 Å². The summed E-state index contributed by atoms with van der Waals surface area (Å²) in [5.41, 5.74) is 24.8. The Morgan fingerprint density at radius 2 is 1.66 bits per heavy atom. The van der Waals surface area contributed by atoms with E-state index in [4.69, 9.17) is 17.2 Å². The van der Waals surface area contributed by atoms with Gasteiger partial charge in [-0.05, 0) is 90.7 Å². The average Bonchev–Trinajstić information content (AvgIpc) is 3.50. The molecule has 0 bridgehead atoms. The van der Waals surface area contributed by atoms with E-state index in [0.29, 0.717) is 12.2 Å². The Hall–Kier alpha value is -4.80. The summed E-state index contributed by atoms with van der Waals surface area (Å²) in [5.74, 6) is 0.123. The fourth-order valence-electron chi connectivity index (χ4n) is 5.45. The van der Waals surface area contributed by atoms with Crippen LogP contribution in [0.4, 0.5) is 0 Å². The average molecular weight is 678 g/mol. The molecule has 8 N–H and O–H groups in total. The second-order valence-electron chi connectivity index (χ2n) is 14.8. The van der Waals surface area contributed by atoms with Gasteiger partial charge in [-0.1, -0.05) is 77.9 Å². The van der Waals surface area contributed by atoms with Crippen LogP contribution in [0.2, 0.25) is 0 Å². The van der Waals surface area contributed by atoms with E-state index in [1.54, 1.807) is 4.57 Å². The van der Waals surface area contributed by atoms with Gasteiger partial charge in [0.1, 0.15) is 5.65 Å². The molecule has 0 aliphatic carbocycles. The summed E-state index contributed by atoms with van der Waals surface area (Å²) in [6.45, 7) is 16.1. The van der Waals surface area contributed by atoms with Crippen LogP contribution in [-0.4, -0.2) is 45.1 Å². The third-order valence-electron chi connectivity index (χ3n) is 8.44. The first-order valence-electron chi connectivity index (χ1n) is 17.5. The smallest absolute Gasteiger partial charge is 0.354 e. The third-order valence-corrected chi connectivity index (χ3v) is 8.44. The van der Waals surface area contributed by atoms with Gasteiger partial charge in [-0.15, -0.1) is 0 Å². The number of hydrogen-bond acceptors (Lipinski definition) is 6. The van der Waals surface area contributed by atoms with Crippen molar-refractivity contribution in [3.63, 3.8) is 0 Å². The van der Waals surface area contributed by atoms with E-state index in [2.05, 4.69) is 97.1 Å². The Balaban J connectivity index is 0.000000237. The number of nitrogens with one attached hydrogen (secondary N) is 2. The van der Waals surface area contributed by atoms with Gasteiger partial charge >= 0.3 is 5.69 Å². The molecule has 0 saturated heterocycles. The number of nitrogens with two attached hydrogens (primary N) is 3. The van der Waals surface area contributed by atoms with Crippen molar-refractivity contribution in [1.82, 2.24) is 24.8 Å². The Morgan fingerprint density at radius 1 is 0.900 bits per heavy atom. The van der Waals surface area contributed by atoms with Crippen molar-refractivity contribution in [3.8, 4) is 16.8 Å². The Labute approximate surface area is 296 Å². The van der Waals surface area contributed by atoms with Crippen LogP contribution in [0, 0.1) is 0 Å². The van der Waals surface area contributed by atoms with E-state index < -0.39 is 0 Å². The van der Waals surface area contributed by atoms with Crippen molar-refractivity contribution in [3.05, 3.63) is 112 Å². The summed E-state index contributed by atoms with van der Waals surface area (Å²) >= 11 is 0. The van der Waals surface area contributed by atoms with E-state index in [9.17, 15) is 4.79 Å². The topological polar surface area (TPSA) is 166 Å². The number of aliphatic imine (C=N–C) groups is 1. The number of pyridine rings is 1. The van der Waals surface area contributed by atoms with Gasteiger partial charge in [-0.2, -0.15) is 4.98 Å². The molecule has 3 aromatic heterocycles. The number of nitrogens with zero attached hydrogens (tertiary/aromatic N) is 4. The monoisotopic (exact) mass is 677 g/mol. The Kier molecular flexibility index (Phi) is 13.1. The Bertz CT molecular complexity index is 1890. The summed E-state index contributed by atoms with van der Waals surface area (Å²) < 4.78 is 1.58. The standard InChI is InChI=1S/C21H29N7O.C19H26N2/c1-21(2,3)17-11-15-13-28(20(29)27-18(15)26-17)16-7-5-14(6-8-16)12-24-9-4-10-25-19(22)23;1-19(2,3)18-12-15(7-4-5-9-20)11-17(13-18)16-8-6-10-21-14-16/h5-8,11,13,24H,4,9-10,12H2,1-3H3,(H4,22,23,25)(H,26,27,29);6,8,10-14H,4-5,7,9,20H2,1-3H3. The maximum absolute atomic E-state index is 12.5. The van der Waals surface area contributed by atoms with Gasteiger partial charge < -0.3 is 27.5 Å². The van der Waals surface area contributed by atoms with Crippen LogP contribution in [0.15, 0.2) is 89.0 Å². The number of benzene rings is 2. The van der Waals surface area contributed by atoms with E-state index in [1.165, 1.54) is 22.3 Å². The number of unbranched alkanes of at least 4 members (excludes halogenated alkanes) is 1. The number of aromatic amines is 1. The van der Waals surface area contributed by atoms with Gasteiger partial charge in [-0.3, -0.25) is 14.5 Å². The normalized spacial score (nSPS) is 11.7. The maximum Gasteiger partial charge on any atom is 0.354 e. The van der Waals surface area contributed by atoms with E-state index in [0.717, 1.165) is 67.6 Å². The molecule has 0 atom stereocenters. The molecule has 10 nitrogen and oxygen atoms in total. The molecule has 0 unspecified atom stereocenters. The number of rotatable bonds is 12. The minimum Gasteiger partial charge on any atom is -0.370 e. The van der Waals surface area contributed by atoms with Gasteiger partial charge in [-0.25, -0.2) is 4.79 Å². The lowest BCUT2D eigenvalue weighted by molar-refractivity contribution is 0.574. The number of aromatic nitrogens is 4. The largest absolute Gasteiger partial charge is 0.370 e. The van der Waals surface area contributed by atoms with E-state index in [1.807, 2.05) is 48.9 Å². The summed E-state index contributed by atoms with van der Waals surface area (Å²) in [5, 5.41) is 4.27. The first kappa shape index (κ1) is 38.0. The van der Waals surface area contributed by atoms with Crippen molar-refractivity contribution >= 4 is 17.0 Å². The molecule has 50 heavy (non-hydrogen) atoms. The lowest BCUT2D eigenvalue weighted by atomic mass is 9.83. The number of guanidine groups is 1. The number of fused-ring (bicyclic) bond motifs is 1. The van der Waals surface area contributed by atoms with Crippen LogP contribution in [0.1, 0.15) is 83.2 Å². The highest BCUT2D eigenvalue weighted by Crippen LogP contribution is 2.30. The zero-order valence-corrected chi connectivity index (χ0v) is 30.6. The van der Waals surface area contributed by atoms with E-state index >= 15 is 0 Å². The number of aryl methyl sites for hydroxylation is 1. The second kappa shape index (κ2) is 17.2. The molecule has 2 aromatic carbocycles. The molecule has 0 saturated carbocycles. The lowest BCUT2D eigenvalue weighted by Gasteiger charge is -2.21. The molecule has 0 radical (unpaired) electrons. The van der Waals surface area contributed by atoms with Crippen LogP contribution in [0.5, 0.6) is 0 Å². The number of H-pyrrole nitrogens is 1. The molecule has 0 aliphatic rings. The van der Waals surface area contributed by atoms with Crippen LogP contribution in [-0.2, 0) is 23.8 Å². The molecule has 10 heteroatoms. The van der Waals surface area contributed by atoms with Crippen molar-refractivity contribution < 1.29 is 0 Å². The quantitative estimate of drug-likeness (QED) is 0.0605. The fraction of sp³-hybridized carbons (Fsp3) is 0.400. The summed E-state index contributed by atoms with van der Waals surface area (Å²) in [6, 6.07) is 21.0. The zero-order valence-electron chi connectivity index (χ0n) is 30.6. The maximum atomic E-state index is 12.5. The summed E-state index contributed by atoms with van der Waals surface area (Å²) in [7, 11) is 0. The molecule has 0 spiro atoms. The molecular formula is C40H55N9O. The van der Waals surface area contributed by atoms with Gasteiger partial charge in [0.05, 0.1) is 5.69 Å². The van der Waals surface area contributed by atoms with E-state index in [-0.39, 0.29) is 22.5 Å². The van der Waals surface area contributed by atoms with Gasteiger partial charge in [0.2, 0.25) is 0 Å². The summed E-state index contributed by atoms with van der Waals surface area (Å²) in [4.78, 5) is 28.1. The molecule has 5 rings (SSSR count). The van der Waals surface area contributed by atoms with Crippen LogP contribution in [0.3, 0.4) is 0 Å². The SMILES string of the molecule is CC(C)(C)c1cc(CCCCN)cc(-c2cccnc2)c1.CC(C)(C)c1cc2cn(-c3ccc(CNCCCN=C(N)N)cc3)c(=O)nc2[nH]1. The highest BCUT2D eigenvalue weighted by atomic mass is 16.1.